The van der Waals surface area contributed by atoms with Gasteiger partial charge in [0.05, 0.1) is 0 Å². The zero-order valence-electron chi connectivity index (χ0n) is 7.23. The van der Waals surface area contributed by atoms with Crippen LogP contribution in [0.4, 0.5) is 0 Å². The summed E-state index contributed by atoms with van der Waals surface area (Å²) in [6, 6.07) is 0. The number of aliphatic imine (C=N–C) groups is 1. The third-order valence-electron chi connectivity index (χ3n) is 1.65. The Labute approximate surface area is 72.7 Å². The molecule has 12 heavy (non-hydrogen) atoms. The summed E-state index contributed by atoms with van der Waals surface area (Å²) in [5.41, 5.74) is 0. The maximum absolute atomic E-state index is 10.6. The van der Waals surface area contributed by atoms with Crippen molar-refractivity contribution in [2.24, 2.45) is 10.9 Å². The molecule has 1 aliphatic heterocycles. The molecule has 64 valence electrons. The molecule has 0 amide bonds. The highest BCUT2D eigenvalue weighted by atomic mass is 16.1. The van der Waals surface area contributed by atoms with E-state index in [0.717, 1.165) is 6.54 Å². The smallest absolute Gasteiger partial charge is 0.133 e. The highest BCUT2D eigenvalue weighted by Gasteiger charge is 1.99. The van der Waals surface area contributed by atoms with E-state index in [1.807, 2.05) is 18.2 Å². The summed E-state index contributed by atoms with van der Waals surface area (Å²) < 4.78 is 0. The van der Waals surface area contributed by atoms with Crippen molar-refractivity contribution in [1.82, 2.24) is 0 Å². The summed E-state index contributed by atoms with van der Waals surface area (Å²) in [6.07, 6.45) is 10.3. The van der Waals surface area contributed by atoms with E-state index >= 15 is 0 Å². The molecular weight excluding hydrogens is 150 g/mol. The zero-order valence-corrected chi connectivity index (χ0v) is 7.23. The minimum absolute atomic E-state index is 0.203. The summed E-state index contributed by atoms with van der Waals surface area (Å²) >= 11 is 0. The number of hydrogen-bond acceptors (Lipinski definition) is 2. The van der Waals surface area contributed by atoms with Crippen molar-refractivity contribution in [2.45, 2.75) is 13.3 Å². The van der Waals surface area contributed by atoms with E-state index in [2.05, 4.69) is 11.1 Å². The van der Waals surface area contributed by atoms with Crippen molar-refractivity contribution >= 4 is 12.0 Å². The van der Waals surface area contributed by atoms with Crippen LogP contribution in [0, 0.1) is 5.92 Å². The van der Waals surface area contributed by atoms with E-state index in [4.69, 9.17) is 0 Å². The Kier molecular flexibility index (Phi) is 3.45. The molecule has 1 aliphatic rings. The fraction of sp³-hybridized carbons (Fsp3) is 0.400. The number of allylic oxidation sites excluding steroid dienone is 2. The zero-order chi connectivity index (χ0) is 8.81. The standard InChI is InChI=1S/C10H13NO/c1-9(12)4-2-5-10-6-3-7-11-8-10/h2-3,5-7,10H,4,8H2,1H3/b5-2+. The van der Waals surface area contributed by atoms with Crippen molar-refractivity contribution in [1.29, 1.82) is 0 Å². The lowest BCUT2D eigenvalue weighted by Crippen LogP contribution is -2.01. The van der Waals surface area contributed by atoms with Gasteiger partial charge in [0.2, 0.25) is 0 Å². The molecule has 0 saturated carbocycles. The van der Waals surface area contributed by atoms with Crippen LogP contribution in [0.25, 0.3) is 0 Å². The first-order valence-corrected chi connectivity index (χ1v) is 4.12. The maximum Gasteiger partial charge on any atom is 0.133 e. The molecule has 0 N–H and O–H groups in total. The Balaban J connectivity index is 2.31. The molecule has 1 atom stereocenters. The lowest BCUT2D eigenvalue weighted by Gasteiger charge is -2.05. The van der Waals surface area contributed by atoms with Crippen LogP contribution in [0.15, 0.2) is 29.3 Å². The minimum atomic E-state index is 0.203. The van der Waals surface area contributed by atoms with Crippen molar-refractivity contribution < 1.29 is 4.79 Å². The van der Waals surface area contributed by atoms with E-state index < -0.39 is 0 Å². The SMILES string of the molecule is CC(=O)C/C=C/C1C=CC=NC1. The fourth-order valence-corrected chi connectivity index (χ4v) is 1.03. The topological polar surface area (TPSA) is 29.4 Å². The molecule has 0 aromatic carbocycles. The number of hydrogen-bond donors (Lipinski definition) is 0. The normalized spacial score (nSPS) is 21.9. The van der Waals surface area contributed by atoms with Crippen LogP contribution in [0.5, 0.6) is 0 Å². The first kappa shape index (κ1) is 8.91. The second-order valence-electron chi connectivity index (χ2n) is 2.90. The molecule has 1 unspecified atom stereocenters. The number of carbonyl (C=O) groups is 1. The second kappa shape index (κ2) is 4.65. The minimum Gasteiger partial charge on any atom is -0.300 e. The quantitative estimate of drug-likeness (QED) is 0.583. The predicted octanol–water partition coefficient (Wildman–Crippen LogP) is 1.78. The first-order chi connectivity index (χ1) is 5.79. The molecule has 0 bridgehead atoms. The van der Waals surface area contributed by atoms with Crippen LogP contribution in [-0.2, 0) is 4.79 Å². The Morgan fingerprint density at radius 2 is 2.58 bits per heavy atom. The molecule has 0 aromatic rings. The van der Waals surface area contributed by atoms with Crippen molar-refractivity contribution in [3.63, 3.8) is 0 Å². The van der Waals surface area contributed by atoms with Gasteiger partial charge in [-0.25, -0.2) is 0 Å². The van der Waals surface area contributed by atoms with Crippen molar-refractivity contribution in [3.05, 3.63) is 24.3 Å². The summed E-state index contributed by atoms with van der Waals surface area (Å²) in [6.45, 7) is 2.41. The average Bonchev–Trinajstić information content (AvgIpc) is 2.05. The number of nitrogens with zero attached hydrogens (tertiary/aromatic N) is 1. The van der Waals surface area contributed by atoms with Gasteiger partial charge in [-0.05, 0) is 13.0 Å². The van der Waals surface area contributed by atoms with Crippen LogP contribution in [-0.4, -0.2) is 18.5 Å². The first-order valence-electron chi connectivity index (χ1n) is 4.12. The van der Waals surface area contributed by atoms with Gasteiger partial charge in [0, 0.05) is 25.1 Å². The Bertz CT molecular complexity index is 238. The highest BCUT2D eigenvalue weighted by Crippen LogP contribution is 2.05. The summed E-state index contributed by atoms with van der Waals surface area (Å²) in [5, 5.41) is 0. The van der Waals surface area contributed by atoms with E-state index in [0.29, 0.717) is 12.3 Å². The summed E-state index contributed by atoms with van der Waals surface area (Å²) in [4.78, 5) is 14.7. The largest absolute Gasteiger partial charge is 0.300 e. The van der Waals surface area contributed by atoms with Crippen LogP contribution in [0.2, 0.25) is 0 Å². The summed E-state index contributed by atoms with van der Waals surface area (Å²) in [5.74, 6) is 0.587. The van der Waals surface area contributed by atoms with Gasteiger partial charge in [-0.15, -0.1) is 0 Å². The average molecular weight is 163 g/mol. The second-order valence-corrected chi connectivity index (χ2v) is 2.90. The van der Waals surface area contributed by atoms with Gasteiger partial charge < -0.3 is 0 Å². The molecule has 0 aromatic heterocycles. The van der Waals surface area contributed by atoms with E-state index in [1.54, 1.807) is 13.1 Å². The molecule has 0 spiro atoms. The lowest BCUT2D eigenvalue weighted by molar-refractivity contribution is -0.116. The lowest BCUT2D eigenvalue weighted by atomic mass is 10.1. The number of carbonyl (C=O) groups excluding carboxylic acids is 1. The Morgan fingerprint density at radius 3 is 3.17 bits per heavy atom. The molecule has 1 rings (SSSR count). The molecule has 1 heterocycles. The van der Waals surface area contributed by atoms with Crippen LogP contribution in [0.3, 0.4) is 0 Å². The Morgan fingerprint density at radius 1 is 1.75 bits per heavy atom. The third-order valence-corrected chi connectivity index (χ3v) is 1.65. The van der Waals surface area contributed by atoms with Crippen LogP contribution < -0.4 is 0 Å². The predicted molar refractivity (Wildman–Crippen MR) is 50.4 cm³/mol. The van der Waals surface area contributed by atoms with Crippen molar-refractivity contribution in [2.75, 3.05) is 6.54 Å². The van der Waals surface area contributed by atoms with Gasteiger partial charge in [-0.2, -0.15) is 0 Å². The van der Waals surface area contributed by atoms with Gasteiger partial charge in [-0.3, -0.25) is 9.79 Å². The van der Waals surface area contributed by atoms with E-state index in [1.165, 1.54) is 0 Å². The van der Waals surface area contributed by atoms with Gasteiger partial charge in [0.1, 0.15) is 5.78 Å². The van der Waals surface area contributed by atoms with Crippen LogP contribution in [0.1, 0.15) is 13.3 Å². The molecule has 0 radical (unpaired) electrons. The highest BCUT2D eigenvalue weighted by molar-refractivity contribution is 5.77. The van der Waals surface area contributed by atoms with E-state index in [-0.39, 0.29) is 5.78 Å². The number of ketones is 1. The molecule has 2 heteroatoms. The molecule has 0 aliphatic carbocycles. The number of rotatable bonds is 3. The summed E-state index contributed by atoms with van der Waals surface area (Å²) in [7, 11) is 0. The number of Topliss-reactive ketones (excluding diaryl/α,β-unsaturated/α-hetero) is 1. The van der Waals surface area contributed by atoms with Gasteiger partial charge >= 0.3 is 0 Å². The molecule has 0 fully saturated rings. The number of dihydropyridines is 1. The van der Waals surface area contributed by atoms with Gasteiger partial charge in [0.15, 0.2) is 0 Å². The van der Waals surface area contributed by atoms with Crippen molar-refractivity contribution in [3.8, 4) is 0 Å². The maximum atomic E-state index is 10.6. The van der Waals surface area contributed by atoms with Crippen LogP contribution >= 0.6 is 0 Å². The molecule has 0 saturated heterocycles. The third kappa shape index (κ3) is 3.28. The molecule has 2 nitrogen and oxygen atoms in total. The van der Waals surface area contributed by atoms with E-state index in [9.17, 15) is 4.79 Å². The monoisotopic (exact) mass is 163 g/mol. The van der Waals surface area contributed by atoms with Gasteiger partial charge in [0.25, 0.3) is 0 Å². The Hall–Kier alpha value is -1.18. The fourth-order valence-electron chi connectivity index (χ4n) is 1.03. The molecular formula is C10H13NO. The van der Waals surface area contributed by atoms with Gasteiger partial charge in [-0.1, -0.05) is 18.2 Å².